The lowest BCUT2D eigenvalue weighted by atomic mass is 10.2. The third-order valence-corrected chi connectivity index (χ3v) is 3.92. The van der Waals surface area contributed by atoms with E-state index in [1.54, 1.807) is 43.0 Å². The van der Waals surface area contributed by atoms with Gasteiger partial charge in [-0.2, -0.15) is 0 Å². The van der Waals surface area contributed by atoms with Gasteiger partial charge in [-0.15, -0.1) is 0 Å². The van der Waals surface area contributed by atoms with Crippen LogP contribution in [0.4, 0.5) is 11.6 Å². The zero-order chi connectivity index (χ0) is 17.1. The SMILES string of the molecule is O=C(Nc1cnc(N2CCOCC2)nc1)c1ccc2nccnc2c1. The number of ether oxygens (including phenoxy) is 1. The molecule has 0 atom stereocenters. The maximum atomic E-state index is 12.4. The Morgan fingerprint density at radius 3 is 2.48 bits per heavy atom. The lowest BCUT2D eigenvalue weighted by Crippen LogP contribution is -2.37. The molecule has 1 fully saturated rings. The van der Waals surface area contributed by atoms with Crippen molar-refractivity contribution in [2.75, 3.05) is 36.5 Å². The number of hydrogen-bond acceptors (Lipinski definition) is 7. The molecule has 8 nitrogen and oxygen atoms in total. The largest absolute Gasteiger partial charge is 0.378 e. The number of rotatable bonds is 3. The van der Waals surface area contributed by atoms with Crippen LogP contribution in [0.1, 0.15) is 10.4 Å². The second-order valence-corrected chi connectivity index (χ2v) is 5.59. The van der Waals surface area contributed by atoms with Crippen LogP contribution in [0, 0.1) is 0 Å². The molecule has 1 N–H and O–H groups in total. The molecule has 1 saturated heterocycles. The number of nitrogens with one attached hydrogen (secondary N) is 1. The van der Waals surface area contributed by atoms with Gasteiger partial charge in [-0.25, -0.2) is 9.97 Å². The predicted octanol–water partition coefficient (Wildman–Crippen LogP) is 1.51. The molecule has 2 aromatic heterocycles. The van der Waals surface area contributed by atoms with Crippen LogP contribution < -0.4 is 10.2 Å². The quantitative estimate of drug-likeness (QED) is 0.775. The van der Waals surface area contributed by atoms with Gasteiger partial charge < -0.3 is 15.0 Å². The van der Waals surface area contributed by atoms with Crippen molar-refractivity contribution < 1.29 is 9.53 Å². The van der Waals surface area contributed by atoms with Gasteiger partial charge in [0.1, 0.15) is 0 Å². The molecule has 25 heavy (non-hydrogen) atoms. The van der Waals surface area contributed by atoms with Gasteiger partial charge in [0, 0.05) is 31.0 Å². The standard InChI is InChI=1S/C17H16N6O2/c24-16(12-1-2-14-15(9-12)19-4-3-18-14)22-13-10-20-17(21-11-13)23-5-7-25-8-6-23/h1-4,9-11H,5-8H2,(H,22,24). The molecule has 1 aromatic carbocycles. The molecule has 0 bridgehead atoms. The third kappa shape index (κ3) is 3.38. The van der Waals surface area contributed by atoms with Crippen molar-refractivity contribution in [1.29, 1.82) is 0 Å². The van der Waals surface area contributed by atoms with E-state index in [1.807, 2.05) is 0 Å². The first-order valence-electron chi connectivity index (χ1n) is 7.96. The Bertz CT molecular complexity index is 893. The summed E-state index contributed by atoms with van der Waals surface area (Å²) in [5.41, 5.74) is 2.47. The Labute approximate surface area is 143 Å². The van der Waals surface area contributed by atoms with Crippen molar-refractivity contribution in [1.82, 2.24) is 19.9 Å². The molecule has 8 heteroatoms. The molecule has 1 amide bonds. The first-order valence-corrected chi connectivity index (χ1v) is 7.96. The van der Waals surface area contributed by atoms with E-state index < -0.39 is 0 Å². The maximum Gasteiger partial charge on any atom is 0.255 e. The van der Waals surface area contributed by atoms with Crippen molar-refractivity contribution >= 4 is 28.6 Å². The van der Waals surface area contributed by atoms with Crippen LogP contribution in [0.5, 0.6) is 0 Å². The number of nitrogens with zero attached hydrogens (tertiary/aromatic N) is 5. The molecule has 3 heterocycles. The zero-order valence-electron chi connectivity index (χ0n) is 13.4. The van der Waals surface area contributed by atoms with E-state index >= 15 is 0 Å². The first-order chi connectivity index (χ1) is 12.3. The number of amides is 1. The minimum absolute atomic E-state index is 0.240. The normalized spacial score (nSPS) is 14.5. The van der Waals surface area contributed by atoms with E-state index in [9.17, 15) is 4.79 Å². The fraction of sp³-hybridized carbons (Fsp3) is 0.235. The Balaban J connectivity index is 1.47. The molecule has 1 aliphatic heterocycles. The summed E-state index contributed by atoms with van der Waals surface area (Å²) in [5.74, 6) is 0.401. The summed E-state index contributed by atoms with van der Waals surface area (Å²) in [4.78, 5) is 31.5. The average molecular weight is 336 g/mol. The van der Waals surface area contributed by atoms with Crippen LogP contribution in [0.3, 0.4) is 0 Å². The Hall–Kier alpha value is -3.13. The Morgan fingerprint density at radius 1 is 1.00 bits per heavy atom. The van der Waals surface area contributed by atoms with Gasteiger partial charge in [0.15, 0.2) is 0 Å². The van der Waals surface area contributed by atoms with Crippen molar-refractivity contribution in [2.24, 2.45) is 0 Å². The van der Waals surface area contributed by atoms with Gasteiger partial charge in [0.2, 0.25) is 5.95 Å². The molecule has 4 rings (SSSR count). The van der Waals surface area contributed by atoms with Gasteiger partial charge in [-0.3, -0.25) is 14.8 Å². The summed E-state index contributed by atoms with van der Waals surface area (Å²) in [7, 11) is 0. The lowest BCUT2D eigenvalue weighted by molar-refractivity contribution is 0.102. The number of benzene rings is 1. The Morgan fingerprint density at radius 2 is 1.72 bits per heavy atom. The second-order valence-electron chi connectivity index (χ2n) is 5.59. The average Bonchev–Trinajstić information content (AvgIpc) is 2.69. The van der Waals surface area contributed by atoms with E-state index in [4.69, 9.17) is 4.74 Å². The first kappa shape index (κ1) is 15.4. The molecule has 0 radical (unpaired) electrons. The Kier molecular flexibility index (Phi) is 4.17. The number of carbonyl (C=O) groups excluding carboxylic acids is 1. The van der Waals surface area contributed by atoms with Crippen LogP contribution in [0.15, 0.2) is 43.0 Å². The zero-order valence-corrected chi connectivity index (χ0v) is 13.4. The number of anilines is 2. The molecular formula is C17H16N6O2. The minimum atomic E-state index is -0.240. The lowest BCUT2D eigenvalue weighted by Gasteiger charge is -2.26. The van der Waals surface area contributed by atoms with E-state index in [2.05, 4.69) is 30.2 Å². The fourth-order valence-corrected chi connectivity index (χ4v) is 2.62. The van der Waals surface area contributed by atoms with Crippen molar-refractivity contribution in [3.05, 3.63) is 48.5 Å². The van der Waals surface area contributed by atoms with Gasteiger partial charge in [-0.05, 0) is 18.2 Å². The summed E-state index contributed by atoms with van der Waals surface area (Å²) < 4.78 is 5.31. The molecule has 1 aliphatic rings. The van der Waals surface area contributed by atoms with E-state index in [1.165, 1.54) is 0 Å². The van der Waals surface area contributed by atoms with Crippen LogP contribution in [-0.2, 0) is 4.74 Å². The van der Waals surface area contributed by atoms with Crippen molar-refractivity contribution in [3.63, 3.8) is 0 Å². The fourth-order valence-electron chi connectivity index (χ4n) is 2.62. The van der Waals surface area contributed by atoms with Crippen LogP contribution in [0.25, 0.3) is 11.0 Å². The highest BCUT2D eigenvalue weighted by atomic mass is 16.5. The summed E-state index contributed by atoms with van der Waals surface area (Å²) >= 11 is 0. The number of fused-ring (bicyclic) bond motifs is 1. The summed E-state index contributed by atoms with van der Waals surface area (Å²) in [5, 5.41) is 2.80. The summed E-state index contributed by atoms with van der Waals surface area (Å²) in [6, 6.07) is 5.20. The van der Waals surface area contributed by atoms with Gasteiger partial charge >= 0.3 is 0 Å². The molecule has 0 aliphatic carbocycles. The highest BCUT2D eigenvalue weighted by Gasteiger charge is 2.14. The second kappa shape index (κ2) is 6.78. The summed E-state index contributed by atoms with van der Waals surface area (Å²) in [6.45, 7) is 2.88. The van der Waals surface area contributed by atoms with Gasteiger partial charge in [0.25, 0.3) is 5.91 Å². The van der Waals surface area contributed by atoms with Crippen LogP contribution in [-0.4, -0.2) is 52.1 Å². The summed E-state index contributed by atoms with van der Waals surface area (Å²) in [6.07, 6.45) is 6.44. The van der Waals surface area contributed by atoms with E-state index in [0.29, 0.717) is 35.9 Å². The maximum absolute atomic E-state index is 12.4. The highest BCUT2D eigenvalue weighted by molar-refractivity contribution is 6.05. The van der Waals surface area contributed by atoms with Crippen molar-refractivity contribution in [3.8, 4) is 0 Å². The third-order valence-electron chi connectivity index (χ3n) is 3.92. The molecule has 0 unspecified atom stereocenters. The van der Waals surface area contributed by atoms with E-state index in [-0.39, 0.29) is 5.91 Å². The van der Waals surface area contributed by atoms with E-state index in [0.717, 1.165) is 18.6 Å². The van der Waals surface area contributed by atoms with Gasteiger partial charge in [-0.1, -0.05) is 0 Å². The van der Waals surface area contributed by atoms with Crippen LogP contribution in [0.2, 0.25) is 0 Å². The smallest absolute Gasteiger partial charge is 0.255 e. The highest BCUT2D eigenvalue weighted by Crippen LogP contribution is 2.15. The number of morpholine rings is 1. The molecule has 126 valence electrons. The number of hydrogen-bond donors (Lipinski definition) is 1. The molecule has 0 saturated carbocycles. The molecular weight excluding hydrogens is 320 g/mol. The number of carbonyl (C=O) groups is 1. The monoisotopic (exact) mass is 336 g/mol. The topological polar surface area (TPSA) is 93.1 Å². The van der Waals surface area contributed by atoms with Gasteiger partial charge in [0.05, 0.1) is 42.3 Å². The minimum Gasteiger partial charge on any atom is -0.378 e. The number of aromatic nitrogens is 4. The van der Waals surface area contributed by atoms with Crippen LogP contribution >= 0.6 is 0 Å². The van der Waals surface area contributed by atoms with Crippen molar-refractivity contribution in [2.45, 2.75) is 0 Å². The molecule has 0 spiro atoms. The predicted molar refractivity (Wildman–Crippen MR) is 92.6 cm³/mol. The molecule has 3 aromatic rings.